The highest BCUT2D eigenvalue weighted by Crippen LogP contribution is 2.41. The van der Waals surface area contributed by atoms with E-state index in [0.717, 1.165) is 0 Å². The molecule has 2 atom stereocenters. The average Bonchev–Trinajstić information content (AvgIpc) is 2.07. The Labute approximate surface area is 84.4 Å². The monoisotopic (exact) mass is 256 g/mol. The van der Waals surface area contributed by atoms with Gasteiger partial charge in [-0.2, -0.15) is 26.3 Å². The largest absolute Gasteiger partial charge is 0.445 e. The number of hydrogen-bond donors (Lipinski definition) is 2. The van der Waals surface area contributed by atoms with Crippen LogP contribution in [-0.4, -0.2) is 47.4 Å². The van der Waals surface area contributed by atoms with Crippen LogP contribution in [0, 0.1) is 0 Å². The van der Waals surface area contributed by atoms with Gasteiger partial charge in [-0.25, -0.2) is 0 Å². The summed E-state index contributed by atoms with van der Waals surface area (Å²) < 4.78 is 79.6. The first kappa shape index (κ1) is 13.5. The highest BCUT2D eigenvalue weighted by atomic mass is 19.4. The van der Waals surface area contributed by atoms with Crippen molar-refractivity contribution >= 4 is 0 Å². The van der Waals surface area contributed by atoms with Crippen LogP contribution in [0.25, 0.3) is 0 Å². The first-order chi connectivity index (χ1) is 6.91. The van der Waals surface area contributed by atoms with Crippen molar-refractivity contribution in [2.75, 3.05) is 13.2 Å². The number of rotatable bonds is 0. The summed E-state index contributed by atoms with van der Waals surface area (Å²) in [6.45, 7) is -3.74. The fourth-order valence-electron chi connectivity index (χ4n) is 0.845. The number of alkyl halides is 6. The van der Waals surface area contributed by atoms with Gasteiger partial charge in [0, 0.05) is 0 Å². The van der Waals surface area contributed by atoms with Crippen molar-refractivity contribution in [3.05, 3.63) is 0 Å². The summed E-state index contributed by atoms with van der Waals surface area (Å²) in [7, 11) is 0. The van der Waals surface area contributed by atoms with Crippen molar-refractivity contribution in [3.63, 3.8) is 0 Å². The molecule has 0 bridgehead atoms. The topological polar surface area (TPSA) is 58.9 Å². The van der Waals surface area contributed by atoms with Crippen LogP contribution in [0.4, 0.5) is 26.3 Å². The third kappa shape index (κ3) is 2.10. The van der Waals surface area contributed by atoms with E-state index in [9.17, 15) is 26.3 Å². The van der Waals surface area contributed by atoms with Gasteiger partial charge in [-0.05, 0) is 0 Å². The van der Waals surface area contributed by atoms with E-state index in [1.807, 2.05) is 0 Å². The van der Waals surface area contributed by atoms with Crippen LogP contribution in [-0.2, 0) is 9.47 Å². The molecule has 0 saturated carbocycles. The number of halogens is 6. The smallest absolute Gasteiger partial charge is 0.357 e. The van der Waals surface area contributed by atoms with Gasteiger partial charge in [-0.3, -0.25) is 0 Å². The molecule has 0 aromatic heterocycles. The molecule has 0 aromatic rings. The lowest BCUT2D eigenvalue weighted by Crippen LogP contribution is -2.64. The number of aliphatic hydroxyl groups is 2. The minimum atomic E-state index is -5.32. The Hall–Kier alpha value is -0.580. The molecule has 1 aliphatic heterocycles. The Morgan fingerprint density at radius 1 is 0.750 bits per heavy atom. The molecule has 4 nitrogen and oxygen atoms in total. The minimum absolute atomic E-state index is 1.87. The molecule has 0 aliphatic carbocycles. The van der Waals surface area contributed by atoms with E-state index < -0.39 is 37.1 Å². The van der Waals surface area contributed by atoms with E-state index in [1.165, 1.54) is 0 Å². The Morgan fingerprint density at radius 3 is 1.12 bits per heavy atom. The van der Waals surface area contributed by atoms with E-state index >= 15 is 0 Å². The quantitative estimate of drug-likeness (QED) is 0.621. The van der Waals surface area contributed by atoms with Crippen molar-refractivity contribution in [3.8, 4) is 0 Å². The van der Waals surface area contributed by atoms with E-state index in [2.05, 4.69) is 9.47 Å². The highest BCUT2D eigenvalue weighted by molar-refractivity contribution is 4.87. The molecule has 0 amide bonds. The van der Waals surface area contributed by atoms with Crippen LogP contribution in [0.5, 0.6) is 0 Å². The molecular weight excluding hydrogens is 250 g/mol. The van der Waals surface area contributed by atoms with Crippen molar-refractivity contribution < 1.29 is 46.0 Å². The third-order valence-electron chi connectivity index (χ3n) is 1.90. The fraction of sp³-hybridized carbons (Fsp3) is 1.00. The SMILES string of the molecule is OC1(C(F)(F)F)COC(O)(C(F)(F)F)CO1. The zero-order valence-corrected chi connectivity index (χ0v) is 7.39. The van der Waals surface area contributed by atoms with Crippen LogP contribution in [0.2, 0.25) is 0 Å². The first-order valence-electron chi connectivity index (χ1n) is 3.77. The van der Waals surface area contributed by atoms with Crippen molar-refractivity contribution in [1.82, 2.24) is 0 Å². The molecule has 2 unspecified atom stereocenters. The normalized spacial score (nSPS) is 37.5. The van der Waals surface area contributed by atoms with E-state index in [-0.39, 0.29) is 0 Å². The van der Waals surface area contributed by atoms with Crippen LogP contribution in [0.3, 0.4) is 0 Å². The average molecular weight is 256 g/mol. The summed E-state index contributed by atoms with van der Waals surface area (Å²) in [5, 5.41) is 17.5. The molecule has 1 saturated heterocycles. The van der Waals surface area contributed by atoms with Gasteiger partial charge in [-0.15, -0.1) is 0 Å². The lowest BCUT2D eigenvalue weighted by Gasteiger charge is -2.41. The summed E-state index contributed by atoms with van der Waals surface area (Å²) in [4.78, 5) is 0. The molecule has 0 radical (unpaired) electrons. The zero-order valence-electron chi connectivity index (χ0n) is 7.39. The van der Waals surface area contributed by atoms with E-state index in [4.69, 9.17) is 10.2 Å². The summed E-state index contributed by atoms with van der Waals surface area (Å²) in [5.41, 5.74) is 0. The molecular formula is C6H6F6O4. The summed E-state index contributed by atoms with van der Waals surface area (Å²) in [6.07, 6.45) is -10.6. The third-order valence-corrected chi connectivity index (χ3v) is 1.90. The number of ether oxygens (including phenoxy) is 2. The molecule has 1 aliphatic rings. The van der Waals surface area contributed by atoms with Crippen LogP contribution in [0.15, 0.2) is 0 Å². The maximum Gasteiger partial charge on any atom is 0.445 e. The predicted octanol–water partition coefficient (Wildman–Crippen LogP) is 0.535. The summed E-state index contributed by atoms with van der Waals surface area (Å²) in [5.74, 6) is -7.69. The molecule has 2 N–H and O–H groups in total. The Bertz CT molecular complexity index is 235. The van der Waals surface area contributed by atoms with Crippen molar-refractivity contribution in [1.29, 1.82) is 0 Å². The predicted molar refractivity (Wildman–Crippen MR) is 33.9 cm³/mol. The second-order valence-electron chi connectivity index (χ2n) is 3.14. The lowest BCUT2D eigenvalue weighted by molar-refractivity contribution is -0.476. The van der Waals surface area contributed by atoms with Gasteiger partial charge in [0.25, 0.3) is 11.6 Å². The summed E-state index contributed by atoms with van der Waals surface area (Å²) >= 11 is 0. The second kappa shape index (κ2) is 3.45. The van der Waals surface area contributed by atoms with Crippen molar-refractivity contribution in [2.24, 2.45) is 0 Å². The second-order valence-corrected chi connectivity index (χ2v) is 3.14. The van der Waals surface area contributed by atoms with Gasteiger partial charge >= 0.3 is 12.4 Å². The zero-order chi connectivity index (χ0) is 12.8. The van der Waals surface area contributed by atoms with Gasteiger partial charge in [0.2, 0.25) is 0 Å². The van der Waals surface area contributed by atoms with E-state index in [0.29, 0.717) is 0 Å². The van der Waals surface area contributed by atoms with Gasteiger partial charge in [0.15, 0.2) is 0 Å². The number of hydrogen-bond acceptors (Lipinski definition) is 4. The standard InChI is InChI=1S/C6H6F6O4/c7-5(8,9)3(13)1-15-4(14,2-16-3)6(10,11)12/h13-14H,1-2H2. The molecule has 1 fully saturated rings. The minimum Gasteiger partial charge on any atom is -0.357 e. The molecule has 10 heteroatoms. The Kier molecular flexibility index (Phi) is 2.91. The maximum atomic E-state index is 12.1. The van der Waals surface area contributed by atoms with Crippen LogP contribution >= 0.6 is 0 Å². The fourth-order valence-corrected chi connectivity index (χ4v) is 0.845. The van der Waals surface area contributed by atoms with Crippen molar-refractivity contribution in [2.45, 2.75) is 23.9 Å². The van der Waals surface area contributed by atoms with Crippen LogP contribution in [0.1, 0.15) is 0 Å². The maximum absolute atomic E-state index is 12.1. The molecule has 16 heavy (non-hydrogen) atoms. The van der Waals surface area contributed by atoms with Crippen LogP contribution < -0.4 is 0 Å². The lowest BCUT2D eigenvalue weighted by atomic mass is 10.2. The van der Waals surface area contributed by atoms with Gasteiger partial charge in [0.1, 0.15) is 13.2 Å². The first-order valence-corrected chi connectivity index (χ1v) is 3.77. The summed E-state index contributed by atoms with van der Waals surface area (Å²) in [6, 6.07) is 0. The Balaban J connectivity index is 2.79. The Morgan fingerprint density at radius 2 is 1.00 bits per heavy atom. The molecule has 0 spiro atoms. The van der Waals surface area contributed by atoms with Gasteiger partial charge in [-0.1, -0.05) is 0 Å². The highest BCUT2D eigenvalue weighted by Gasteiger charge is 2.66. The van der Waals surface area contributed by atoms with Gasteiger partial charge < -0.3 is 19.7 Å². The molecule has 0 aromatic carbocycles. The van der Waals surface area contributed by atoms with Gasteiger partial charge in [0.05, 0.1) is 0 Å². The van der Waals surface area contributed by atoms with E-state index in [1.54, 1.807) is 0 Å². The molecule has 1 heterocycles. The molecule has 96 valence electrons. The molecule has 1 rings (SSSR count).